The van der Waals surface area contributed by atoms with Crippen molar-refractivity contribution in [2.75, 3.05) is 7.05 Å². The molecule has 4 heterocycles. The van der Waals surface area contributed by atoms with E-state index < -0.39 is 139 Å². The average molecular weight is 732 g/mol. The van der Waals surface area contributed by atoms with Crippen LogP contribution in [-0.2, 0) is 5.41 Å². The number of nitrogens with zero attached hydrogens (tertiary/aromatic N) is 12. The van der Waals surface area contributed by atoms with Gasteiger partial charge < -0.3 is 0 Å². The van der Waals surface area contributed by atoms with Crippen LogP contribution >= 0.6 is 0 Å². The molecular weight excluding hydrogens is 728 g/mol. The summed E-state index contributed by atoms with van der Waals surface area (Å²) in [7, 11) is 1.06. The van der Waals surface area contributed by atoms with Gasteiger partial charge in [-0.05, 0) is 0 Å². The Morgan fingerprint density at radius 1 is 0.463 bits per heavy atom. The van der Waals surface area contributed by atoms with Crippen LogP contribution in [0.25, 0.3) is 22.3 Å². The lowest BCUT2D eigenvalue weighted by Crippen LogP contribution is -2.40. The third-order valence-corrected chi connectivity index (χ3v) is 8.39. The molecule has 0 aliphatic heterocycles. The van der Waals surface area contributed by atoms with Gasteiger partial charge in [-0.25, -0.2) is 37.5 Å². The van der Waals surface area contributed by atoms with E-state index in [1.165, 1.54) is 42.5 Å². The molecule has 0 amide bonds. The predicted octanol–water partition coefficient (Wildman–Crippen LogP) is 0.931. The maximum absolute atomic E-state index is 17.4. The standard InChI is InChI=1S/C34H4F8N12/c1-50-9-13(8-49)17-25(38)21-29(54-33(17)42)28-20(24(37)16(32(41)53-28)12(6-47)7-48)34(21)18-22(35)14(10(2-43)3-44)30(39)51-26(18)27-19(34)23(36)15(31(40)52-27)11(4-45)5-46/h9H,1H3/b17-13-,50-9?. The number of aromatic nitrogens is 4. The maximum atomic E-state index is 17.4. The van der Waals surface area contributed by atoms with Crippen molar-refractivity contribution in [3.05, 3.63) is 112 Å². The minimum Gasteiger partial charge on any atom is -0.295 e. The normalized spacial score (nSPS) is 12.8. The molecule has 6 rings (SSSR count). The summed E-state index contributed by atoms with van der Waals surface area (Å²) in [5.41, 5.74) is -14.6. The third-order valence-electron chi connectivity index (χ3n) is 8.39. The molecule has 0 radical (unpaired) electrons. The summed E-state index contributed by atoms with van der Waals surface area (Å²) < 4.78 is 132. The summed E-state index contributed by atoms with van der Waals surface area (Å²) in [6.07, 6.45) is 0.603. The van der Waals surface area contributed by atoms with E-state index in [0.29, 0.717) is 6.21 Å². The number of hydrogen-bond acceptors (Lipinski definition) is 12. The molecule has 12 nitrogen and oxygen atoms in total. The zero-order valence-electron chi connectivity index (χ0n) is 26.0. The predicted molar refractivity (Wildman–Crippen MR) is 157 cm³/mol. The quantitative estimate of drug-likeness (QED) is 0.131. The summed E-state index contributed by atoms with van der Waals surface area (Å²) in [6.45, 7) is 0. The summed E-state index contributed by atoms with van der Waals surface area (Å²) >= 11 is 0. The number of fused-ring (bicyclic) bond motifs is 8. The van der Waals surface area contributed by atoms with Crippen molar-refractivity contribution in [3.8, 4) is 42.5 Å². The molecule has 1 spiro atoms. The van der Waals surface area contributed by atoms with Gasteiger partial charge in [0.15, 0.2) is 0 Å². The van der Waals surface area contributed by atoms with E-state index in [1.807, 2.05) is 0 Å². The number of hydrogen-bond donors (Lipinski definition) is 0. The molecule has 2 aliphatic carbocycles. The Kier molecular flexibility index (Phi) is 8.16. The van der Waals surface area contributed by atoms with Gasteiger partial charge in [-0.3, -0.25) is 4.99 Å². The molecule has 2 aliphatic rings. The molecule has 54 heavy (non-hydrogen) atoms. The highest BCUT2D eigenvalue weighted by Gasteiger charge is 2.57. The minimum atomic E-state index is -3.64. The SMILES string of the molecule is CN=C/C(C#N)=c1\c(F)nc2c(c1F)C1(c3c(F)c(=C(C#N)C#N)c(F)nc3=c3nc(F)c(=C(C#N)C#N)c(F)c31)c1c(F)c(=C(C#N)C#N)c(F)nc1=2. The Bertz CT molecular complexity index is 3210. The van der Waals surface area contributed by atoms with Crippen molar-refractivity contribution in [3.63, 3.8) is 0 Å². The van der Waals surface area contributed by atoms with Crippen LogP contribution in [0.5, 0.6) is 0 Å². The van der Waals surface area contributed by atoms with Crippen molar-refractivity contribution in [1.82, 2.24) is 19.9 Å². The molecule has 0 saturated heterocycles. The highest BCUT2D eigenvalue weighted by atomic mass is 19.2. The van der Waals surface area contributed by atoms with Crippen molar-refractivity contribution in [2.24, 2.45) is 4.99 Å². The molecule has 0 N–H and O–H groups in total. The van der Waals surface area contributed by atoms with E-state index in [9.17, 15) is 36.8 Å². The number of nitriles is 7. The molecule has 0 unspecified atom stereocenters. The number of halogens is 8. The van der Waals surface area contributed by atoms with Crippen LogP contribution in [0.15, 0.2) is 4.99 Å². The second-order valence-corrected chi connectivity index (χ2v) is 10.7. The van der Waals surface area contributed by atoms with Crippen LogP contribution in [-0.4, -0.2) is 33.2 Å². The monoisotopic (exact) mass is 732 g/mol. The number of rotatable bonds is 1. The van der Waals surface area contributed by atoms with E-state index in [2.05, 4.69) is 24.9 Å². The molecule has 0 saturated carbocycles. The first kappa shape index (κ1) is 35.4. The molecule has 4 aromatic rings. The largest absolute Gasteiger partial charge is 0.295 e. The summed E-state index contributed by atoms with van der Waals surface area (Å²) in [6, 6.07) is 8.43. The second kappa shape index (κ2) is 12.4. The first-order chi connectivity index (χ1) is 25.8. The van der Waals surface area contributed by atoms with Crippen LogP contribution in [0, 0.1) is 148 Å². The molecule has 4 aromatic heterocycles. The van der Waals surface area contributed by atoms with Gasteiger partial charge in [-0.15, -0.1) is 0 Å². The van der Waals surface area contributed by atoms with Crippen LogP contribution < -0.4 is 20.9 Å². The fourth-order valence-electron chi connectivity index (χ4n) is 6.48. The van der Waals surface area contributed by atoms with E-state index in [0.717, 1.165) is 7.05 Å². The highest BCUT2D eigenvalue weighted by molar-refractivity contribution is 6.08. The Balaban J connectivity index is 2.22. The van der Waals surface area contributed by atoms with Crippen molar-refractivity contribution in [2.45, 2.75) is 5.41 Å². The first-order valence-corrected chi connectivity index (χ1v) is 14.1. The second-order valence-electron chi connectivity index (χ2n) is 10.7. The van der Waals surface area contributed by atoms with Gasteiger partial charge >= 0.3 is 0 Å². The zero-order valence-corrected chi connectivity index (χ0v) is 26.0. The zero-order chi connectivity index (χ0) is 39.5. The lowest BCUT2D eigenvalue weighted by molar-refractivity contribution is 0.471. The molecular formula is C34H4F8N12. The van der Waals surface area contributed by atoms with Gasteiger partial charge in [0.05, 0.1) is 31.9 Å². The average Bonchev–Trinajstić information content (AvgIpc) is 3.58. The van der Waals surface area contributed by atoms with Gasteiger partial charge in [0.25, 0.3) is 0 Å². The third kappa shape index (κ3) is 4.25. The topological polar surface area (TPSA) is 230 Å². The maximum Gasteiger partial charge on any atom is 0.225 e. The fourth-order valence-corrected chi connectivity index (χ4v) is 6.48. The number of pyridine rings is 4. The van der Waals surface area contributed by atoms with Gasteiger partial charge in [0.2, 0.25) is 23.8 Å². The van der Waals surface area contributed by atoms with E-state index in [-0.39, 0.29) is 0 Å². The van der Waals surface area contributed by atoms with Gasteiger partial charge in [0.1, 0.15) is 104 Å². The van der Waals surface area contributed by atoms with E-state index >= 15 is 35.1 Å². The van der Waals surface area contributed by atoms with Crippen LogP contribution in [0.3, 0.4) is 0 Å². The fraction of sp³-hybridized carbons (Fsp3) is 0.0588. The summed E-state index contributed by atoms with van der Waals surface area (Å²) in [5.74, 6) is -16.4. The van der Waals surface area contributed by atoms with Crippen molar-refractivity contribution < 1.29 is 35.1 Å². The molecule has 0 bridgehead atoms. The lowest BCUT2D eigenvalue weighted by atomic mass is 9.69. The smallest absolute Gasteiger partial charge is 0.225 e. The first-order valence-electron chi connectivity index (χ1n) is 14.1. The van der Waals surface area contributed by atoms with E-state index in [4.69, 9.17) is 0 Å². The molecule has 256 valence electrons. The van der Waals surface area contributed by atoms with Gasteiger partial charge in [0, 0.05) is 35.5 Å². The highest BCUT2D eigenvalue weighted by Crippen LogP contribution is 2.53. The van der Waals surface area contributed by atoms with Crippen LogP contribution in [0.1, 0.15) is 22.3 Å². The van der Waals surface area contributed by atoms with Crippen molar-refractivity contribution in [1.29, 1.82) is 36.8 Å². The Morgan fingerprint density at radius 3 is 0.963 bits per heavy atom. The Morgan fingerprint density at radius 2 is 0.722 bits per heavy atom. The molecule has 0 aromatic carbocycles. The number of aliphatic imine (C=N–C) groups is 1. The lowest BCUT2D eigenvalue weighted by Gasteiger charge is -2.31. The van der Waals surface area contributed by atoms with Crippen LogP contribution in [0.4, 0.5) is 35.1 Å². The van der Waals surface area contributed by atoms with E-state index in [1.54, 1.807) is 0 Å². The minimum absolute atomic E-state index is 0.603. The molecule has 20 heteroatoms. The summed E-state index contributed by atoms with van der Waals surface area (Å²) in [5, 5.41) is 55.6. The Labute approximate surface area is 291 Å². The van der Waals surface area contributed by atoms with Crippen LogP contribution in [0.2, 0.25) is 0 Å². The summed E-state index contributed by atoms with van der Waals surface area (Å²) in [4.78, 5) is 17.3. The Hall–Kier alpha value is -8.38. The van der Waals surface area contributed by atoms with Gasteiger partial charge in [-0.2, -0.15) is 54.4 Å². The molecule has 0 fully saturated rings. The van der Waals surface area contributed by atoms with Gasteiger partial charge in [-0.1, -0.05) is 0 Å². The van der Waals surface area contributed by atoms with Crippen molar-refractivity contribution >= 4 is 28.5 Å². The molecule has 0 atom stereocenters.